The zero-order valence-electron chi connectivity index (χ0n) is 9.33. The fourth-order valence-electron chi connectivity index (χ4n) is 1.08. The third kappa shape index (κ3) is 3.28. The summed E-state index contributed by atoms with van der Waals surface area (Å²) in [6.45, 7) is 4.50. The number of hydrogen-bond acceptors (Lipinski definition) is 5. The molecule has 2 atom stereocenters. The van der Waals surface area contributed by atoms with E-state index in [1.54, 1.807) is 17.8 Å². The van der Waals surface area contributed by atoms with Gasteiger partial charge in [0.15, 0.2) is 0 Å². The maximum atomic E-state index is 10.6. The Labute approximate surface area is 93.2 Å². The number of aryl methyl sites for hydroxylation is 1. The van der Waals surface area contributed by atoms with Crippen LogP contribution in [-0.4, -0.2) is 38.2 Å². The Kier molecular flexibility index (Phi) is 4.39. The highest BCUT2D eigenvalue weighted by Crippen LogP contribution is 2.02. The van der Waals surface area contributed by atoms with E-state index in [0.717, 1.165) is 6.54 Å². The molecule has 3 N–H and O–H groups in total. The van der Waals surface area contributed by atoms with Gasteiger partial charge in [0.2, 0.25) is 0 Å². The molecular weight excluding hydrogens is 212 g/mol. The van der Waals surface area contributed by atoms with Gasteiger partial charge >= 0.3 is 5.97 Å². The van der Waals surface area contributed by atoms with E-state index >= 15 is 0 Å². The first-order chi connectivity index (χ1) is 7.54. The second-order valence-electron chi connectivity index (χ2n) is 3.45. The Balaban J connectivity index is 2.42. The van der Waals surface area contributed by atoms with Crippen molar-refractivity contribution in [3.8, 4) is 0 Å². The molecule has 0 spiro atoms. The minimum atomic E-state index is -1.08. The second kappa shape index (κ2) is 5.57. The molecule has 1 aromatic heterocycles. The monoisotopic (exact) mass is 228 g/mol. The smallest absolute Gasteiger partial charge is 0.323 e. The van der Waals surface area contributed by atoms with Crippen molar-refractivity contribution in [2.45, 2.75) is 39.1 Å². The van der Waals surface area contributed by atoms with Crippen LogP contribution in [0.15, 0.2) is 6.20 Å². The number of carboxylic acids is 1. The third-order valence-electron chi connectivity index (χ3n) is 2.20. The van der Waals surface area contributed by atoms with Crippen LogP contribution in [0.3, 0.4) is 0 Å². The maximum Gasteiger partial charge on any atom is 0.323 e. The first-order valence-electron chi connectivity index (χ1n) is 5.03. The topological polar surface area (TPSA) is 103 Å². The van der Waals surface area contributed by atoms with E-state index in [9.17, 15) is 4.79 Å². The summed E-state index contributed by atoms with van der Waals surface area (Å²) in [7, 11) is 0. The van der Waals surface area contributed by atoms with Gasteiger partial charge in [-0.3, -0.25) is 9.48 Å². The molecule has 0 saturated carbocycles. The summed E-state index contributed by atoms with van der Waals surface area (Å²) in [6.07, 6.45) is 1.18. The summed E-state index contributed by atoms with van der Waals surface area (Å²) < 4.78 is 6.95. The summed E-state index contributed by atoms with van der Waals surface area (Å²) in [5, 5.41) is 16.3. The van der Waals surface area contributed by atoms with Gasteiger partial charge < -0.3 is 15.6 Å². The largest absolute Gasteiger partial charge is 0.480 e. The fourth-order valence-corrected chi connectivity index (χ4v) is 1.08. The number of aromatic nitrogens is 3. The van der Waals surface area contributed by atoms with E-state index in [1.165, 1.54) is 0 Å². The number of rotatable bonds is 6. The third-order valence-corrected chi connectivity index (χ3v) is 2.20. The Morgan fingerprint density at radius 3 is 2.94 bits per heavy atom. The molecule has 0 aliphatic heterocycles. The van der Waals surface area contributed by atoms with Crippen LogP contribution in [0.2, 0.25) is 0 Å². The summed E-state index contributed by atoms with van der Waals surface area (Å²) in [5.74, 6) is -1.08. The second-order valence-corrected chi connectivity index (χ2v) is 3.45. The normalized spacial score (nSPS) is 14.7. The number of nitrogens with zero attached hydrogens (tertiary/aromatic N) is 3. The highest BCUT2D eigenvalue weighted by Gasteiger charge is 2.20. The molecular formula is C9H16N4O3. The predicted octanol–water partition coefficient (Wildman–Crippen LogP) is -0.385. The van der Waals surface area contributed by atoms with Crippen molar-refractivity contribution in [1.29, 1.82) is 0 Å². The lowest BCUT2D eigenvalue weighted by molar-refractivity contribution is -0.142. The van der Waals surface area contributed by atoms with Crippen molar-refractivity contribution in [3.63, 3.8) is 0 Å². The zero-order chi connectivity index (χ0) is 12.1. The van der Waals surface area contributed by atoms with Crippen molar-refractivity contribution >= 4 is 5.97 Å². The van der Waals surface area contributed by atoms with Crippen molar-refractivity contribution in [2.24, 2.45) is 5.73 Å². The molecule has 0 aliphatic carbocycles. The van der Waals surface area contributed by atoms with Crippen molar-refractivity contribution in [1.82, 2.24) is 15.0 Å². The Bertz CT molecular complexity index is 352. The molecule has 1 aromatic rings. The molecule has 90 valence electrons. The number of nitrogens with two attached hydrogens (primary N) is 1. The minimum Gasteiger partial charge on any atom is -0.480 e. The Morgan fingerprint density at radius 2 is 2.44 bits per heavy atom. The van der Waals surface area contributed by atoms with Gasteiger partial charge in [0.1, 0.15) is 11.7 Å². The van der Waals surface area contributed by atoms with Crippen LogP contribution in [-0.2, 0) is 22.7 Å². The highest BCUT2D eigenvalue weighted by molar-refractivity contribution is 5.73. The van der Waals surface area contributed by atoms with Gasteiger partial charge in [-0.25, -0.2) is 0 Å². The molecule has 0 radical (unpaired) electrons. The molecule has 0 aromatic carbocycles. The average molecular weight is 228 g/mol. The number of ether oxygens (including phenoxy) is 1. The van der Waals surface area contributed by atoms with Gasteiger partial charge in [0, 0.05) is 6.54 Å². The predicted molar refractivity (Wildman–Crippen MR) is 55.6 cm³/mol. The van der Waals surface area contributed by atoms with Crippen LogP contribution in [0.25, 0.3) is 0 Å². The van der Waals surface area contributed by atoms with E-state index in [-0.39, 0.29) is 6.61 Å². The van der Waals surface area contributed by atoms with E-state index < -0.39 is 18.1 Å². The van der Waals surface area contributed by atoms with E-state index in [2.05, 4.69) is 10.3 Å². The maximum absolute atomic E-state index is 10.6. The molecule has 1 rings (SSSR count). The Hall–Kier alpha value is -1.47. The number of aliphatic carboxylic acids is 1. The van der Waals surface area contributed by atoms with Crippen LogP contribution in [0, 0.1) is 0 Å². The first-order valence-corrected chi connectivity index (χ1v) is 5.03. The van der Waals surface area contributed by atoms with E-state index in [4.69, 9.17) is 15.6 Å². The molecule has 16 heavy (non-hydrogen) atoms. The Morgan fingerprint density at radius 1 is 1.75 bits per heavy atom. The minimum absolute atomic E-state index is 0.210. The number of hydrogen-bond donors (Lipinski definition) is 2. The van der Waals surface area contributed by atoms with Gasteiger partial charge in [-0.05, 0) is 13.8 Å². The lowest BCUT2D eigenvalue weighted by atomic mass is 10.2. The van der Waals surface area contributed by atoms with Crippen LogP contribution in [0.4, 0.5) is 0 Å². The summed E-state index contributed by atoms with van der Waals surface area (Å²) in [5.41, 5.74) is 6.05. The van der Waals surface area contributed by atoms with E-state index in [0.29, 0.717) is 5.69 Å². The number of carbonyl (C=O) groups is 1. The highest BCUT2D eigenvalue weighted by atomic mass is 16.5. The molecule has 0 amide bonds. The fraction of sp³-hybridized carbons (Fsp3) is 0.667. The summed E-state index contributed by atoms with van der Waals surface area (Å²) in [6, 6.07) is -1.03. The van der Waals surface area contributed by atoms with Gasteiger partial charge in [0.25, 0.3) is 0 Å². The molecule has 7 heteroatoms. The molecule has 0 fully saturated rings. The van der Waals surface area contributed by atoms with Crippen LogP contribution in [0.1, 0.15) is 19.5 Å². The first kappa shape index (κ1) is 12.6. The van der Waals surface area contributed by atoms with Crippen LogP contribution >= 0.6 is 0 Å². The van der Waals surface area contributed by atoms with E-state index in [1.807, 2.05) is 6.92 Å². The molecule has 0 saturated heterocycles. The van der Waals surface area contributed by atoms with Gasteiger partial charge in [0.05, 0.1) is 18.9 Å². The average Bonchev–Trinajstić information content (AvgIpc) is 2.72. The lowest BCUT2D eigenvalue weighted by Crippen LogP contribution is -2.41. The van der Waals surface area contributed by atoms with Gasteiger partial charge in [-0.1, -0.05) is 5.21 Å². The van der Waals surface area contributed by atoms with Crippen molar-refractivity contribution < 1.29 is 14.6 Å². The summed E-state index contributed by atoms with van der Waals surface area (Å²) >= 11 is 0. The van der Waals surface area contributed by atoms with Crippen molar-refractivity contribution in [3.05, 3.63) is 11.9 Å². The van der Waals surface area contributed by atoms with Gasteiger partial charge in [-0.15, -0.1) is 5.10 Å². The van der Waals surface area contributed by atoms with Gasteiger partial charge in [-0.2, -0.15) is 0 Å². The van der Waals surface area contributed by atoms with Crippen LogP contribution in [0.5, 0.6) is 0 Å². The quantitative estimate of drug-likeness (QED) is 0.687. The molecule has 0 bridgehead atoms. The molecule has 7 nitrogen and oxygen atoms in total. The number of carboxylic acid groups (broad SMARTS) is 1. The molecule has 1 heterocycles. The summed E-state index contributed by atoms with van der Waals surface area (Å²) in [4.78, 5) is 10.6. The SMILES string of the molecule is CCn1cc(CO[C@H](C)[C@H](N)C(=O)O)nn1. The van der Waals surface area contributed by atoms with Crippen molar-refractivity contribution in [2.75, 3.05) is 0 Å². The standard InChI is InChI=1S/C9H16N4O3/c1-3-13-4-7(11-12-13)5-16-6(2)8(10)9(14)15/h4,6,8H,3,5,10H2,1-2H3,(H,14,15)/t6-,8+/m1/s1. The van der Waals surface area contributed by atoms with Crippen LogP contribution < -0.4 is 5.73 Å². The lowest BCUT2D eigenvalue weighted by Gasteiger charge is -2.15. The molecule has 0 unspecified atom stereocenters. The molecule has 0 aliphatic rings. The zero-order valence-corrected chi connectivity index (χ0v) is 9.33.